The van der Waals surface area contributed by atoms with Crippen LogP contribution in [0.3, 0.4) is 0 Å². The van der Waals surface area contributed by atoms with E-state index >= 15 is 0 Å². The number of carboxylic acids is 2. The molecule has 0 aliphatic carbocycles. The van der Waals surface area contributed by atoms with Crippen molar-refractivity contribution in [3.8, 4) is 0 Å². The fraction of sp³-hybridized carbons (Fsp3) is 0.833. The van der Waals surface area contributed by atoms with Gasteiger partial charge in [0.05, 0.1) is 13.1 Å². The van der Waals surface area contributed by atoms with Crippen LogP contribution in [0.15, 0.2) is 0 Å². The topological polar surface area (TPSA) is 121 Å². The Bertz CT molecular complexity index is 365. The van der Waals surface area contributed by atoms with Gasteiger partial charge in [0.25, 0.3) is 0 Å². The summed E-state index contributed by atoms with van der Waals surface area (Å²) in [5, 5.41) is 17.1. The summed E-state index contributed by atoms with van der Waals surface area (Å²) in [5.41, 5.74) is 5.28. The van der Waals surface area contributed by atoms with Crippen LogP contribution in [-0.2, 0) is 14.4 Å². The van der Waals surface area contributed by atoms with Crippen molar-refractivity contribution in [2.45, 2.75) is 53.9 Å². The maximum Gasteiger partial charge on any atom is 0.317 e. The number of rotatable bonds is 11. The Morgan fingerprint density at radius 3 is 1.56 bits per heavy atom. The van der Waals surface area contributed by atoms with Crippen LogP contribution in [0.25, 0.3) is 0 Å². The molecule has 0 spiro atoms. The number of halogens is 2. The Labute approximate surface area is 175 Å². The summed E-state index contributed by atoms with van der Waals surface area (Å²) in [6, 6.07) is 0. The van der Waals surface area contributed by atoms with Crippen molar-refractivity contribution in [2.24, 2.45) is 17.6 Å². The van der Waals surface area contributed by atoms with Crippen molar-refractivity contribution in [1.29, 1.82) is 0 Å². The normalized spacial score (nSPS) is 11.7. The zero-order valence-electron chi connectivity index (χ0n) is 17.2. The quantitative estimate of drug-likeness (QED) is 0.428. The second-order valence-corrected chi connectivity index (χ2v) is 6.74. The zero-order valence-corrected chi connectivity index (χ0v) is 18.8. The summed E-state index contributed by atoms with van der Waals surface area (Å²) >= 11 is 5.18. The Morgan fingerprint density at radius 2 is 1.41 bits per heavy atom. The molecule has 0 aromatic rings. The van der Waals surface area contributed by atoms with Crippen LogP contribution in [0, 0.1) is 11.8 Å². The fourth-order valence-corrected chi connectivity index (χ4v) is 1.70. The van der Waals surface area contributed by atoms with Gasteiger partial charge in [-0.15, -0.1) is 24.0 Å². The van der Waals surface area contributed by atoms with Gasteiger partial charge in [-0.25, -0.2) is 0 Å². The fourth-order valence-electron chi connectivity index (χ4n) is 1.44. The van der Waals surface area contributed by atoms with Crippen LogP contribution in [0.4, 0.5) is 0 Å². The number of carboxylic acid groups (broad SMARTS) is 2. The van der Waals surface area contributed by atoms with Crippen molar-refractivity contribution in [2.75, 3.05) is 32.1 Å². The number of hydrogen-bond acceptors (Lipinski definition) is 5. The van der Waals surface area contributed by atoms with Crippen molar-refractivity contribution in [1.82, 2.24) is 4.90 Å². The van der Waals surface area contributed by atoms with E-state index < -0.39 is 11.9 Å². The average Bonchev–Trinajstić information content (AvgIpc) is 2.53. The highest BCUT2D eigenvalue weighted by Gasteiger charge is 2.15. The molecule has 27 heavy (non-hydrogen) atoms. The van der Waals surface area contributed by atoms with Gasteiger partial charge < -0.3 is 15.9 Å². The van der Waals surface area contributed by atoms with Gasteiger partial charge in [-0.2, -0.15) is 0 Å². The van der Waals surface area contributed by atoms with E-state index in [0.29, 0.717) is 30.7 Å². The van der Waals surface area contributed by atoms with Gasteiger partial charge in [0.2, 0.25) is 0 Å². The number of carbonyl (C=O) groups is 3. The molecule has 2 atom stereocenters. The van der Waals surface area contributed by atoms with E-state index in [0.717, 1.165) is 13.0 Å². The van der Waals surface area contributed by atoms with Gasteiger partial charge >= 0.3 is 11.9 Å². The van der Waals surface area contributed by atoms with E-state index in [2.05, 4.69) is 13.8 Å². The number of carbonyl (C=O) groups excluding carboxylic acids is 1. The molecule has 0 rings (SSSR count). The number of ketones is 1. The predicted octanol–water partition coefficient (Wildman–Crippen LogP) is 3.12. The molecule has 0 saturated carbocycles. The summed E-state index contributed by atoms with van der Waals surface area (Å²) in [5.74, 6) is -0.345. The molecule has 0 heterocycles. The van der Waals surface area contributed by atoms with E-state index in [1.54, 1.807) is 0 Å². The number of aliphatic carboxylic acids is 2. The van der Waals surface area contributed by atoms with E-state index in [-0.39, 0.29) is 31.3 Å². The molecule has 2 unspecified atom stereocenters. The minimum Gasteiger partial charge on any atom is -0.480 e. The van der Waals surface area contributed by atoms with Crippen LogP contribution in [0.2, 0.25) is 0 Å². The lowest BCUT2D eigenvalue weighted by molar-refractivity contribution is -0.142. The zero-order chi connectivity index (χ0) is 21.1. The molecule has 7 nitrogen and oxygen atoms in total. The molecule has 0 radical (unpaired) electrons. The summed E-state index contributed by atoms with van der Waals surface area (Å²) < 4.78 is 0. The van der Waals surface area contributed by atoms with E-state index in [4.69, 9.17) is 27.5 Å². The third-order valence-corrected chi connectivity index (χ3v) is 3.72. The lowest BCUT2D eigenvalue weighted by Gasteiger charge is -2.21. The van der Waals surface area contributed by atoms with E-state index in [9.17, 15) is 14.4 Å². The summed E-state index contributed by atoms with van der Waals surface area (Å²) in [4.78, 5) is 32.2. The second-order valence-electron chi connectivity index (χ2n) is 6.36. The van der Waals surface area contributed by atoms with Crippen LogP contribution in [0.5, 0.6) is 0 Å². The monoisotopic (exact) mass is 432 g/mol. The predicted molar refractivity (Wildman–Crippen MR) is 113 cm³/mol. The number of alkyl halides is 1. The van der Waals surface area contributed by atoms with Crippen molar-refractivity contribution in [3.05, 3.63) is 0 Å². The standard InChI is InChI=1S/C9H17NO4.C5H13N.C4H7ClO.ClH/c1-3-7(2)4-10(5-8(11)12)6-9(13)14;1-3-5(2)4-6;1-4(6)2-3-5;/h7H,3-6H2,1-2H3,(H,11,12)(H,13,14);5H,3-4,6H2,1-2H3;2-3H2,1H3;1H. The van der Waals surface area contributed by atoms with Crippen molar-refractivity contribution < 1.29 is 24.6 Å². The second kappa shape index (κ2) is 23.1. The van der Waals surface area contributed by atoms with Gasteiger partial charge in [0, 0.05) is 18.8 Å². The van der Waals surface area contributed by atoms with E-state index in [1.807, 2.05) is 13.8 Å². The van der Waals surface area contributed by atoms with Gasteiger partial charge in [0.1, 0.15) is 5.78 Å². The number of hydrogen-bond donors (Lipinski definition) is 3. The first-order valence-electron chi connectivity index (χ1n) is 8.95. The molecule has 4 N–H and O–H groups in total. The molecule has 0 aromatic heterocycles. The smallest absolute Gasteiger partial charge is 0.317 e. The summed E-state index contributed by atoms with van der Waals surface area (Å²) in [7, 11) is 0. The molecule has 0 aliphatic rings. The Balaban J connectivity index is -0.000000170. The van der Waals surface area contributed by atoms with Gasteiger partial charge in [0.15, 0.2) is 0 Å². The van der Waals surface area contributed by atoms with Crippen LogP contribution in [0.1, 0.15) is 53.9 Å². The number of nitrogens with zero attached hydrogens (tertiary/aromatic N) is 1. The number of nitrogens with two attached hydrogens (primary N) is 1. The molecule has 0 fully saturated rings. The molecule has 9 heteroatoms. The van der Waals surface area contributed by atoms with Crippen molar-refractivity contribution in [3.63, 3.8) is 0 Å². The SMILES string of the molecule is CC(=O)CCCl.CCC(C)CN.CCC(C)CN(CC(=O)O)CC(=O)O.Cl. The first kappa shape index (κ1) is 33.7. The highest BCUT2D eigenvalue weighted by molar-refractivity contribution is 6.18. The molecule has 0 saturated heterocycles. The maximum absolute atomic E-state index is 10.4. The molecule has 164 valence electrons. The van der Waals surface area contributed by atoms with Crippen molar-refractivity contribution >= 4 is 41.7 Å². The Hall–Kier alpha value is -0.890. The van der Waals surface area contributed by atoms with Gasteiger partial charge in [-0.1, -0.05) is 40.5 Å². The Morgan fingerprint density at radius 1 is 1.00 bits per heavy atom. The number of Topliss-reactive ketones (excluding diaryl/α,β-unsaturated/α-hetero) is 1. The molecular weight excluding hydrogens is 395 g/mol. The van der Waals surface area contributed by atoms with Gasteiger partial charge in [-0.05, 0) is 25.3 Å². The molecule has 0 aliphatic heterocycles. The third kappa shape index (κ3) is 33.2. The summed E-state index contributed by atoms with van der Waals surface area (Å²) in [6.07, 6.45) is 2.62. The molecule has 0 bridgehead atoms. The first-order chi connectivity index (χ1) is 12.0. The lowest BCUT2D eigenvalue weighted by atomic mass is 10.1. The third-order valence-electron chi connectivity index (χ3n) is 3.53. The highest BCUT2D eigenvalue weighted by atomic mass is 35.5. The van der Waals surface area contributed by atoms with Gasteiger partial charge in [-0.3, -0.25) is 19.3 Å². The maximum atomic E-state index is 10.4. The average molecular weight is 433 g/mol. The molecular formula is C18H38Cl2N2O5. The van der Waals surface area contributed by atoms with Crippen LogP contribution >= 0.6 is 24.0 Å². The Kier molecular flexibility index (Phi) is 28.9. The van der Waals surface area contributed by atoms with Crippen LogP contribution in [-0.4, -0.2) is 64.9 Å². The highest BCUT2D eigenvalue weighted by Crippen LogP contribution is 2.03. The molecule has 0 amide bonds. The minimum absolute atomic E-state index is 0. The lowest BCUT2D eigenvalue weighted by Crippen LogP contribution is -2.37. The minimum atomic E-state index is -0.991. The summed E-state index contributed by atoms with van der Waals surface area (Å²) in [6.45, 7) is 10.7. The largest absolute Gasteiger partial charge is 0.480 e. The first-order valence-corrected chi connectivity index (χ1v) is 9.48. The van der Waals surface area contributed by atoms with Crippen LogP contribution < -0.4 is 5.73 Å². The van der Waals surface area contributed by atoms with E-state index in [1.165, 1.54) is 18.2 Å². The molecule has 0 aromatic carbocycles.